The van der Waals surface area contributed by atoms with Gasteiger partial charge in [-0.2, -0.15) is 0 Å². The van der Waals surface area contributed by atoms with Gasteiger partial charge in [0.15, 0.2) is 0 Å². The van der Waals surface area contributed by atoms with Crippen molar-refractivity contribution in [2.24, 2.45) is 5.41 Å². The first-order valence-corrected chi connectivity index (χ1v) is 4.64. The van der Waals surface area contributed by atoms with Crippen LogP contribution in [-0.2, 0) is 4.74 Å². The summed E-state index contributed by atoms with van der Waals surface area (Å²) >= 11 is 0. The van der Waals surface area contributed by atoms with E-state index in [4.69, 9.17) is 4.74 Å². The molecule has 0 unspecified atom stereocenters. The van der Waals surface area contributed by atoms with Gasteiger partial charge in [-0.25, -0.2) is 0 Å². The molecule has 1 aliphatic heterocycles. The molecule has 0 saturated carbocycles. The minimum atomic E-state index is 0.234. The number of hydrogen-bond acceptors (Lipinski definition) is 2. The van der Waals surface area contributed by atoms with Gasteiger partial charge in [0.2, 0.25) is 0 Å². The second-order valence-corrected chi connectivity index (χ2v) is 5.51. The zero-order valence-electron chi connectivity index (χ0n) is 8.98. The average Bonchev–Trinajstić information content (AvgIpc) is 1.83. The summed E-state index contributed by atoms with van der Waals surface area (Å²) in [7, 11) is 0. The molecule has 0 aromatic carbocycles. The lowest BCUT2D eigenvalue weighted by Crippen LogP contribution is -2.52. The van der Waals surface area contributed by atoms with Crippen molar-refractivity contribution in [2.45, 2.75) is 40.2 Å². The van der Waals surface area contributed by atoms with Gasteiger partial charge in [-0.3, -0.25) is 4.90 Å². The first kappa shape index (κ1) is 10.0. The molecule has 1 rings (SSSR count). The van der Waals surface area contributed by atoms with Gasteiger partial charge in [0.1, 0.15) is 0 Å². The standard InChI is InChI=1S/C10H21NO/c1-9(2,3)11-6-10(4,5)7-12-8-11/h6-8H2,1-5H3. The van der Waals surface area contributed by atoms with Crippen LogP contribution in [0.15, 0.2) is 0 Å². The fourth-order valence-electron chi connectivity index (χ4n) is 1.47. The highest BCUT2D eigenvalue weighted by molar-refractivity contribution is 4.83. The lowest BCUT2D eigenvalue weighted by molar-refractivity contribution is -0.111. The Balaban J connectivity index is 2.58. The van der Waals surface area contributed by atoms with Crippen LogP contribution in [0.3, 0.4) is 0 Å². The Kier molecular flexibility index (Phi) is 2.50. The van der Waals surface area contributed by atoms with E-state index < -0.39 is 0 Å². The van der Waals surface area contributed by atoms with E-state index >= 15 is 0 Å². The first-order valence-electron chi connectivity index (χ1n) is 4.64. The molecule has 2 nitrogen and oxygen atoms in total. The first-order chi connectivity index (χ1) is 5.31. The van der Waals surface area contributed by atoms with E-state index in [1.165, 1.54) is 0 Å². The Hall–Kier alpha value is -0.0800. The summed E-state index contributed by atoms with van der Waals surface area (Å²) in [6, 6.07) is 0. The van der Waals surface area contributed by atoms with Crippen LogP contribution in [-0.4, -0.2) is 30.3 Å². The maximum absolute atomic E-state index is 5.55. The van der Waals surface area contributed by atoms with Crippen LogP contribution < -0.4 is 0 Å². The number of ether oxygens (including phenoxy) is 1. The van der Waals surface area contributed by atoms with Crippen LogP contribution in [0.4, 0.5) is 0 Å². The van der Waals surface area contributed by atoms with Gasteiger partial charge < -0.3 is 4.74 Å². The molecule has 0 aliphatic carbocycles. The molecule has 0 bridgehead atoms. The monoisotopic (exact) mass is 171 g/mol. The van der Waals surface area contributed by atoms with Crippen molar-refractivity contribution in [3.8, 4) is 0 Å². The quantitative estimate of drug-likeness (QED) is 0.553. The van der Waals surface area contributed by atoms with Crippen molar-refractivity contribution in [3.05, 3.63) is 0 Å². The summed E-state index contributed by atoms with van der Waals surface area (Å²) < 4.78 is 5.55. The minimum Gasteiger partial charge on any atom is -0.365 e. The Morgan fingerprint density at radius 1 is 1.25 bits per heavy atom. The van der Waals surface area contributed by atoms with Gasteiger partial charge in [-0.1, -0.05) is 13.8 Å². The molecule has 0 spiro atoms. The van der Waals surface area contributed by atoms with E-state index in [1.54, 1.807) is 0 Å². The number of hydrogen-bond donors (Lipinski definition) is 0. The Bertz CT molecular complexity index is 154. The molecule has 2 heteroatoms. The van der Waals surface area contributed by atoms with E-state index in [-0.39, 0.29) is 5.54 Å². The van der Waals surface area contributed by atoms with Gasteiger partial charge in [0, 0.05) is 17.5 Å². The van der Waals surface area contributed by atoms with E-state index in [1.807, 2.05) is 0 Å². The Morgan fingerprint density at radius 3 is 2.17 bits per heavy atom. The third kappa shape index (κ3) is 2.46. The van der Waals surface area contributed by atoms with Crippen LogP contribution in [0.2, 0.25) is 0 Å². The number of rotatable bonds is 0. The minimum absolute atomic E-state index is 0.234. The molecule has 0 aromatic rings. The van der Waals surface area contributed by atoms with E-state index in [0.29, 0.717) is 5.41 Å². The predicted octanol–water partition coefficient (Wildman–Crippen LogP) is 2.10. The van der Waals surface area contributed by atoms with Crippen molar-refractivity contribution < 1.29 is 4.74 Å². The summed E-state index contributed by atoms with van der Waals surface area (Å²) in [5.74, 6) is 0. The van der Waals surface area contributed by atoms with Crippen LogP contribution in [0.25, 0.3) is 0 Å². The molecule has 1 aliphatic rings. The molecule has 1 heterocycles. The van der Waals surface area contributed by atoms with Gasteiger partial charge in [-0.15, -0.1) is 0 Å². The largest absolute Gasteiger partial charge is 0.365 e. The lowest BCUT2D eigenvalue weighted by Gasteiger charge is -2.44. The van der Waals surface area contributed by atoms with Crippen LogP contribution >= 0.6 is 0 Å². The number of nitrogens with zero attached hydrogens (tertiary/aromatic N) is 1. The van der Waals surface area contributed by atoms with Crippen LogP contribution in [0, 0.1) is 5.41 Å². The zero-order chi connectivity index (χ0) is 9.41. The smallest absolute Gasteiger partial charge is 0.0994 e. The van der Waals surface area contributed by atoms with E-state index in [2.05, 4.69) is 39.5 Å². The molecular formula is C10H21NO. The van der Waals surface area contributed by atoms with E-state index in [9.17, 15) is 0 Å². The van der Waals surface area contributed by atoms with Crippen molar-refractivity contribution >= 4 is 0 Å². The van der Waals surface area contributed by atoms with Crippen molar-refractivity contribution in [2.75, 3.05) is 19.9 Å². The van der Waals surface area contributed by atoms with Crippen molar-refractivity contribution in [1.29, 1.82) is 0 Å². The van der Waals surface area contributed by atoms with Gasteiger partial charge >= 0.3 is 0 Å². The van der Waals surface area contributed by atoms with Crippen molar-refractivity contribution in [3.63, 3.8) is 0 Å². The summed E-state index contributed by atoms with van der Waals surface area (Å²) in [5, 5.41) is 0. The zero-order valence-corrected chi connectivity index (χ0v) is 8.98. The molecule has 0 amide bonds. The molecule has 1 fully saturated rings. The fraction of sp³-hybridized carbons (Fsp3) is 1.00. The maximum Gasteiger partial charge on any atom is 0.0994 e. The van der Waals surface area contributed by atoms with Crippen LogP contribution in [0.1, 0.15) is 34.6 Å². The highest BCUT2D eigenvalue weighted by Gasteiger charge is 2.32. The molecule has 12 heavy (non-hydrogen) atoms. The third-order valence-electron chi connectivity index (χ3n) is 2.31. The summed E-state index contributed by atoms with van der Waals surface area (Å²) in [6.07, 6.45) is 0. The summed E-state index contributed by atoms with van der Waals surface area (Å²) in [5.41, 5.74) is 0.545. The van der Waals surface area contributed by atoms with Crippen LogP contribution in [0.5, 0.6) is 0 Å². The van der Waals surface area contributed by atoms with Gasteiger partial charge in [0.25, 0.3) is 0 Å². The SMILES string of the molecule is CC1(C)COCN(C(C)(C)C)C1. The fourth-order valence-corrected chi connectivity index (χ4v) is 1.47. The van der Waals surface area contributed by atoms with Gasteiger partial charge in [0.05, 0.1) is 13.3 Å². The third-order valence-corrected chi connectivity index (χ3v) is 2.31. The molecule has 1 saturated heterocycles. The Morgan fingerprint density at radius 2 is 1.83 bits per heavy atom. The highest BCUT2D eigenvalue weighted by atomic mass is 16.5. The highest BCUT2D eigenvalue weighted by Crippen LogP contribution is 2.26. The topological polar surface area (TPSA) is 12.5 Å². The van der Waals surface area contributed by atoms with E-state index in [0.717, 1.165) is 19.9 Å². The molecule has 0 N–H and O–H groups in total. The summed E-state index contributed by atoms with van der Waals surface area (Å²) in [6.45, 7) is 14.0. The molecule has 0 radical (unpaired) electrons. The maximum atomic E-state index is 5.55. The Labute approximate surface area is 75.9 Å². The summed E-state index contributed by atoms with van der Waals surface area (Å²) in [4.78, 5) is 2.39. The molecular weight excluding hydrogens is 150 g/mol. The molecule has 72 valence electrons. The normalized spacial score (nSPS) is 25.8. The second-order valence-electron chi connectivity index (χ2n) is 5.51. The predicted molar refractivity (Wildman–Crippen MR) is 51.1 cm³/mol. The molecule has 0 atom stereocenters. The second kappa shape index (κ2) is 3.00. The average molecular weight is 171 g/mol. The lowest BCUT2D eigenvalue weighted by atomic mass is 9.91. The van der Waals surface area contributed by atoms with Crippen molar-refractivity contribution in [1.82, 2.24) is 4.90 Å². The van der Waals surface area contributed by atoms with Gasteiger partial charge in [-0.05, 0) is 20.8 Å². The molecule has 0 aromatic heterocycles.